The first kappa shape index (κ1) is 15.8. The topological polar surface area (TPSA) is 27.1 Å². The van der Waals surface area contributed by atoms with E-state index in [0.717, 1.165) is 16.2 Å². The fourth-order valence-electron chi connectivity index (χ4n) is 2.11. The van der Waals surface area contributed by atoms with Crippen molar-refractivity contribution in [1.29, 1.82) is 0 Å². The van der Waals surface area contributed by atoms with Gasteiger partial charge >= 0.3 is 0 Å². The van der Waals surface area contributed by atoms with Crippen LogP contribution in [0.15, 0.2) is 35.5 Å². The van der Waals surface area contributed by atoms with E-state index in [1.165, 1.54) is 0 Å². The van der Waals surface area contributed by atoms with Gasteiger partial charge in [-0.25, -0.2) is 4.98 Å². The quantitative estimate of drug-likeness (QED) is 0.523. The Balaban J connectivity index is 2.09. The van der Waals surface area contributed by atoms with Crippen LogP contribution in [0.2, 0.25) is 15.1 Å². The normalized spacial score (nSPS) is 11.1. The lowest BCUT2D eigenvalue weighted by Gasteiger charge is -2.10. The average molecular weight is 374 g/mol. The van der Waals surface area contributed by atoms with Crippen molar-refractivity contribution in [2.24, 2.45) is 7.05 Å². The van der Waals surface area contributed by atoms with Crippen LogP contribution in [0.25, 0.3) is 11.0 Å². The van der Waals surface area contributed by atoms with Gasteiger partial charge in [-0.3, -0.25) is 0 Å². The van der Waals surface area contributed by atoms with E-state index in [1.807, 2.05) is 23.9 Å². The Morgan fingerprint density at radius 2 is 1.86 bits per heavy atom. The molecule has 1 heterocycles. The minimum atomic E-state index is 0.357. The minimum Gasteiger partial charge on any atom is -0.454 e. The molecular formula is C15H11Cl3N2OS. The molecule has 0 fully saturated rings. The van der Waals surface area contributed by atoms with Gasteiger partial charge in [0.1, 0.15) is 16.5 Å². The van der Waals surface area contributed by atoms with Gasteiger partial charge in [-0.15, -0.1) is 0 Å². The van der Waals surface area contributed by atoms with Crippen LogP contribution in [0.3, 0.4) is 0 Å². The standard InChI is InChI=1S/C15H11Cl3N2OS/c1-20-11-7-13(9(17)6-10(11)19-15(20)22-2)21-12-5-3-4-8(16)14(12)18/h3-7H,1-2H3. The molecule has 0 spiro atoms. The number of fused-ring (bicyclic) bond motifs is 1. The van der Waals surface area contributed by atoms with Crippen LogP contribution in [0.5, 0.6) is 11.5 Å². The van der Waals surface area contributed by atoms with Gasteiger partial charge in [-0.2, -0.15) is 0 Å². The van der Waals surface area contributed by atoms with E-state index >= 15 is 0 Å². The van der Waals surface area contributed by atoms with Crippen LogP contribution in [-0.4, -0.2) is 15.8 Å². The third-order valence-electron chi connectivity index (χ3n) is 3.21. The second-order valence-electron chi connectivity index (χ2n) is 4.58. The fraction of sp³-hybridized carbons (Fsp3) is 0.133. The summed E-state index contributed by atoms with van der Waals surface area (Å²) < 4.78 is 7.82. The maximum atomic E-state index is 6.29. The van der Waals surface area contributed by atoms with Gasteiger partial charge in [-0.1, -0.05) is 52.6 Å². The largest absolute Gasteiger partial charge is 0.454 e. The highest BCUT2D eigenvalue weighted by Crippen LogP contribution is 2.39. The lowest BCUT2D eigenvalue weighted by molar-refractivity contribution is 0.483. The zero-order chi connectivity index (χ0) is 15.9. The van der Waals surface area contributed by atoms with E-state index in [9.17, 15) is 0 Å². The second kappa shape index (κ2) is 6.20. The summed E-state index contributed by atoms with van der Waals surface area (Å²) in [5.74, 6) is 0.969. The fourth-order valence-corrected chi connectivity index (χ4v) is 3.20. The monoisotopic (exact) mass is 372 g/mol. The number of rotatable bonds is 3. The van der Waals surface area contributed by atoms with E-state index in [-0.39, 0.29) is 0 Å². The number of aryl methyl sites for hydroxylation is 1. The minimum absolute atomic E-state index is 0.357. The van der Waals surface area contributed by atoms with E-state index < -0.39 is 0 Å². The van der Waals surface area contributed by atoms with Gasteiger partial charge in [0.15, 0.2) is 5.16 Å². The summed E-state index contributed by atoms with van der Waals surface area (Å²) in [6.45, 7) is 0. The van der Waals surface area contributed by atoms with Crippen LogP contribution in [-0.2, 0) is 7.05 Å². The number of benzene rings is 2. The Morgan fingerprint density at radius 3 is 2.59 bits per heavy atom. The summed E-state index contributed by atoms with van der Waals surface area (Å²) in [5, 5.41) is 2.16. The number of imidazole rings is 1. The molecule has 2 aromatic carbocycles. The van der Waals surface area contributed by atoms with Crippen molar-refractivity contribution in [1.82, 2.24) is 9.55 Å². The summed E-state index contributed by atoms with van der Waals surface area (Å²) in [6.07, 6.45) is 1.98. The summed E-state index contributed by atoms with van der Waals surface area (Å²) in [6, 6.07) is 8.84. The van der Waals surface area contributed by atoms with Crippen molar-refractivity contribution < 1.29 is 4.74 Å². The Hall–Kier alpha value is -1.07. The number of halogens is 3. The molecule has 0 aliphatic rings. The van der Waals surface area contributed by atoms with Crippen LogP contribution in [0.4, 0.5) is 0 Å². The Kier molecular flexibility index (Phi) is 4.46. The van der Waals surface area contributed by atoms with Crippen molar-refractivity contribution in [2.75, 3.05) is 6.26 Å². The SMILES string of the molecule is CSc1nc2cc(Cl)c(Oc3cccc(Cl)c3Cl)cc2n1C. The van der Waals surface area contributed by atoms with E-state index in [2.05, 4.69) is 4.98 Å². The number of hydrogen-bond acceptors (Lipinski definition) is 3. The molecule has 3 nitrogen and oxygen atoms in total. The van der Waals surface area contributed by atoms with Crippen LogP contribution >= 0.6 is 46.6 Å². The van der Waals surface area contributed by atoms with E-state index in [1.54, 1.807) is 36.0 Å². The molecule has 0 saturated heterocycles. The molecule has 0 saturated carbocycles. The van der Waals surface area contributed by atoms with Crippen molar-refractivity contribution >= 4 is 57.6 Å². The molecule has 3 aromatic rings. The van der Waals surface area contributed by atoms with Crippen LogP contribution < -0.4 is 4.74 Å². The van der Waals surface area contributed by atoms with Crippen molar-refractivity contribution in [2.45, 2.75) is 5.16 Å². The zero-order valence-electron chi connectivity index (χ0n) is 11.7. The molecule has 1 aromatic heterocycles. The number of thioether (sulfide) groups is 1. The van der Waals surface area contributed by atoms with Gasteiger partial charge in [0.25, 0.3) is 0 Å². The van der Waals surface area contributed by atoms with E-state index in [0.29, 0.717) is 26.6 Å². The number of hydrogen-bond donors (Lipinski definition) is 0. The third-order valence-corrected chi connectivity index (χ3v) is 5.04. The first-order valence-electron chi connectivity index (χ1n) is 6.33. The summed E-state index contributed by atoms with van der Waals surface area (Å²) in [4.78, 5) is 4.51. The Morgan fingerprint density at radius 1 is 1.09 bits per heavy atom. The first-order valence-corrected chi connectivity index (χ1v) is 8.69. The number of nitrogens with zero attached hydrogens (tertiary/aromatic N) is 2. The summed E-state index contributed by atoms with van der Waals surface area (Å²) in [5.41, 5.74) is 1.75. The van der Waals surface area contributed by atoms with Crippen molar-refractivity contribution in [3.8, 4) is 11.5 Å². The predicted molar refractivity (Wildman–Crippen MR) is 94.0 cm³/mol. The lowest BCUT2D eigenvalue weighted by atomic mass is 10.3. The van der Waals surface area contributed by atoms with Gasteiger partial charge in [0.05, 0.1) is 21.1 Å². The van der Waals surface area contributed by atoms with Gasteiger partial charge in [-0.05, 0) is 24.5 Å². The Labute approximate surface area is 147 Å². The molecule has 0 unspecified atom stereocenters. The smallest absolute Gasteiger partial charge is 0.168 e. The first-order chi connectivity index (χ1) is 10.5. The average Bonchev–Trinajstić information content (AvgIpc) is 2.80. The molecule has 0 bridgehead atoms. The molecule has 0 aliphatic carbocycles. The molecule has 114 valence electrons. The number of aromatic nitrogens is 2. The van der Waals surface area contributed by atoms with Crippen molar-refractivity contribution in [3.63, 3.8) is 0 Å². The van der Waals surface area contributed by atoms with Crippen LogP contribution in [0, 0.1) is 0 Å². The molecule has 0 N–H and O–H groups in total. The number of ether oxygens (including phenoxy) is 1. The third kappa shape index (κ3) is 2.76. The summed E-state index contributed by atoms with van der Waals surface area (Å²) >= 11 is 20.0. The van der Waals surface area contributed by atoms with E-state index in [4.69, 9.17) is 39.5 Å². The van der Waals surface area contributed by atoms with Crippen LogP contribution in [0.1, 0.15) is 0 Å². The molecule has 0 radical (unpaired) electrons. The predicted octanol–water partition coefficient (Wildman–Crippen LogP) is 6.05. The highest BCUT2D eigenvalue weighted by Gasteiger charge is 2.14. The molecule has 0 amide bonds. The second-order valence-corrected chi connectivity index (χ2v) is 6.55. The maximum Gasteiger partial charge on any atom is 0.168 e. The maximum absolute atomic E-state index is 6.29. The highest BCUT2D eigenvalue weighted by atomic mass is 35.5. The molecule has 3 rings (SSSR count). The van der Waals surface area contributed by atoms with Gasteiger partial charge in [0, 0.05) is 13.1 Å². The summed E-state index contributed by atoms with van der Waals surface area (Å²) in [7, 11) is 1.95. The molecule has 0 aliphatic heterocycles. The Bertz CT molecular complexity index is 864. The molecule has 7 heteroatoms. The van der Waals surface area contributed by atoms with Crippen molar-refractivity contribution in [3.05, 3.63) is 45.4 Å². The van der Waals surface area contributed by atoms with Gasteiger partial charge < -0.3 is 9.30 Å². The highest BCUT2D eigenvalue weighted by molar-refractivity contribution is 7.98. The lowest BCUT2D eigenvalue weighted by Crippen LogP contribution is -1.91. The molecule has 0 atom stereocenters. The molecule has 22 heavy (non-hydrogen) atoms. The zero-order valence-corrected chi connectivity index (χ0v) is 14.8. The molecular weight excluding hydrogens is 363 g/mol. The van der Waals surface area contributed by atoms with Gasteiger partial charge in [0.2, 0.25) is 0 Å².